The van der Waals surface area contributed by atoms with E-state index < -0.39 is 0 Å². The van der Waals surface area contributed by atoms with Crippen LogP contribution < -0.4 is 25.6 Å². The number of hydrazine groups is 1. The van der Waals surface area contributed by atoms with Crippen LogP contribution >= 0.6 is 0 Å². The van der Waals surface area contributed by atoms with Gasteiger partial charge in [0.25, 0.3) is 0 Å². The van der Waals surface area contributed by atoms with Gasteiger partial charge in [-0.15, -0.1) is 0 Å². The number of carbonyl (C=O) groups excluding carboxylic acids is 1. The van der Waals surface area contributed by atoms with Crippen LogP contribution in [0.4, 0.5) is 0 Å². The molecule has 31 heavy (non-hydrogen) atoms. The highest BCUT2D eigenvalue weighted by Gasteiger charge is 2.28. The van der Waals surface area contributed by atoms with Crippen molar-refractivity contribution in [1.29, 1.82) is 0 Å². The molecule has 0 aromatic heterocycles. The van der Waals surface area contributed by atoms with Gasteiger partial charge in [-0.05, 0) is 18.6 Å². The van der Waals surface area contributed by atoms with Crippen LogP contribution in [0.15, 0.2) is 48.5 Å². The predicted molar refractivity (Wildman–Crippen MR) is 120 cm³/mol. The molecule has 0 spiro atoms. The number of benzene rings is 2. The van der Waals surface area contributed by atoms with Crippen molar-refractivity contribution in [3.05, 3.63) is 59.7 Å². The van der Waals surface area contributed by atoms with Crippen LogP contribution in [0.25, 0.3) is 0 Å². The second-order valence-corrected chi connectivity index (χ2v) is 8.36. The van der Waals surface area contributed by atoms with Gasteiger partial charge in [0.15, 0.2) is 0 Å². The highest BCUT2D eigenvalue weighted by Crippen LogP contribution is 2.29. The molecular weight excluding hydrogens is 392 g/mol. The zero-order valence-electron chi connectivity index (χ0n) is 18.3. The van der Waals surface area contributed by atoms with Crippen LogP contribution in [0.3, 0.4) is 0 Å². The summed E-state index contributed by atoms with van der Waals surface area (Å²) in [5, 5.41) is 3.13. The summed E-state index contributed by atoms with van der Waals surface area (Å²) < 4.78 is 11.4. The molecule has 2 aliphatic heterocycles. The summed E-state index contributed by atoms with van der Waals surface area (Å²) in [4.78, 5) is 14.8. The highest BCUT2D eigenvalue weighted by atomic mass is 16.5. The van der Waals surface area contributed by atoms with E-state index in [1.54, 1.807) is 7.11 Å². The molecule has 2 heterocycles. The summed E-state index contributed by atoms with van der Waals surface area (Å²) in [6.45, 7) is 5.81. The van der Waals surface area contributed by atoms with Crippen molar-refractivity contribution < 1.29 is 14.3 Å². The lowest BCUT2D eigenvalue weighted by Crippen LogP contribution is -2.37. The Morgan fingerprint density at radius 2 is 2.10 bits per heavy atom. The Bertz CT molecular complexity index is 876. The minimum Gasteiger partial charge on any atom is -0.497 e. The van der Waals surface area contributed by atoms with Crippen molar-refractivity contribution in [3.63, 3.8) is 0 Å². The summed E-state index contributed by atoms with van der Waals surface area (Å²) in [5.74, 6) is 2.07. The molecule has 7 heteroatoms. The Labute approximate surface area is 184 Å². The Morgan fingerprint density at radius 3 is 2.90 bits per heavy atom. The molecule has 0 aliphatic carbocycles. The van der Waals surface area contributed by atoms with Gasteiger partial charge >= 0.3 is 0 Å². The van der Waals surface area contributed by atoms with E-state index in [4.69, 9.17) is 9.47 Å². The number of amides is 1. The molecule has 3 atom stereocenters. The Morgan fingerprint density at radius 1 is 1.26 bits per heavy atom. The molecule has 1 amide bonds. The lowest BCUT2D eigenvalue weighted by Gasteiger charge is -2.22. The maximum atomic E-state index is 12.6. The largest absolute Gasteiger partial charge is 0.497 e. The number of hydrogen-bond donors (Lipinski definition) is 3. The molecular formula is C24H32N4O3. The quantitative estimate of drug-likeness (QED) is 0.633. The first kappa shape index (κ1) is 21.6. The number of fused-ring (bicyclic) bond motifs is 1. The minimum absolute atomic E-state index is 0.0543. The van der Waals surface area contributed by atoms with Crippen LogP contribution in [0.2, 0.25) is 0 Å². The lowest BCUT2D eigenvalue weighted by atomic mass is 9.95. The van der Waals surface area contributed by atoms with Crippen molar-refractivity contribution in [1.82, 2.24) is 21.1 Å². The Balaban J connectivity index is 1.27. The monoisotopic (exact) mass is 424 g/mol. The Hall–Kier alpha value is -2.61. The third-order valence-corrected chi connectivity index (χ3v) is 5.98. The van der Waals surface area contributed by atoms with Crippen LogP contribution in [0.5, 0.6) is 11.5 Å². The predicted octanol–water partition coefficient (Wildman–Crippen LogP) is 2.25. The molecule has 166 valence electrons. The summed E-state index contributed by atoms with van der Waals surface area (Å²) in [7, 11) is 1.66. The first-order chi connectivity index (χ1) is 15.1. The van der Waals surface area contributed by atoms with Gasteiger partial charge in [-0.1, -0.05) is 36.4 Å². The number of nitrogens with zero attached hydrogens (tertiary/aromatic N) is 1. The molecule has 1 saturated heterocycles. The first-order valence-corrected chi connectivity index (χ1v) is 11.0. The second kappa shape index (κ2) is 10.1. The van der Waals surface area contributed by atoms with Crippen LogP contribution in [-0.2, 0) is 11.3 Å². The fourth-order valence-corrected chi connectivity index (χ4v) is 4.33. The average Bonchev–Trinajstić information content (AvgIpc) is 3.19. The van der Waals surface area contributed by atoms with Gasteiger partial charge in [-0.25, -0.2) is 5.43 Å². The van der Waals surface area contributed by atoms with Crippen LogP contribution in [0, 0.1) is 5.92 Å². The molecule has 7 nitrogen and oxygen atoms in total. The molecule has 4 rings (SSSR count). The number of nitrogens with one attached hydrogen (secondary N) is 3. The number of hydrogen-bond acceptors (Lipinski definition) is 6. The molecule has 2 aromatic carbocycles. The summed E-state index contributed by atoms with van der Waals surface area (Å²) in [6, 6.07) is 16.5. The molecule has 1 fully saturated rings. The van der Waals surface area contributed by atoms with Crippen molar-refractivity contribution in [2.24, 2.45) is 5.92 Å². The van der Waals surface area contributed by atoms with E-state index in [-0.39, 0.29) is 18.1 Å². The highest BCUT2D eigenvalue weighted by molar-refractivity contribution is 5.76. The molecule has 0 saturated carbocycles. The maximum Gasteiger partial charge on any atom is 0.221 e. The van der Waals surface area contributed by atoms with E-state index in [0.717, 1.165) is 36.7 Å². The number of rotatable bonds is 7. The summed E-state index contributed by atoms with van der Waals surface area (Å²) in [6.07, 6.45) is 0.528. The van der Waals surface area contributed by atoms with E-state index in [0.29, 0.717) is 25.4 Å². The third kappa shape index (κ3) is 5.55. The molecule has 3 unspecified atom stereocenters. The number of methoxy groups -OCH3 is 1. The minimum atomic E-state index is 0.0543. The van der Waals surface area contributed by atoms with Gasteiger partial charge in [-0.2, -0.15) is 0 Å². The van der Waals surface area contributed by atoms with Gasteiger partial charge in [0.1, 0.15) is 17.6 Å². The van der Waals surface area contributed by atoms with Gasteiger partial charge in [0.2, 0.25) is 5.91 Å². The van der Waals surface area contributed by atoms with Gasteiger partial charge in [0, 0.05) is 56.7 Å². The fraction of sp³-hybridized carbons (Fsp3) is 0.458. The smallest absolute Gasteiger partial charge is 0.221 e. The molecule has 0 radical (unpaired) electrons. The fourth-order valence-electron chi connectivity index (χ4n) is 4.33. The summed E-state index contributed by atoms with van der Waals surface area (Å²) in [5.41, 5.74) is 8.91. The van der Waals surface area contributed by atoms with E-state index in [1.165, 1.54) is 5.56 Å². The van der Waals surface area contributed by atoms with Crippen molar-refractivity contribution in [2.75, 3.05) is 33.3 Å². The van der Waals surface area contributed by atoms with E-state index in [9.17, 15) is 4.79 Å². The van der Waals surface area contributed by atoms with Gasteiger partial charge in [0.05, 0.1) is 13.2 Å². The zero-order valence-corrected chi connectivity index (χ0v) is 18.3. The van der Waals surface area contributed by atoms with Gasteiger partial charge < -0.3 is 14.8 Å². The van der Waals surface area contributed by atoms with Crippen molar-refractivity contribution in [3.8, 4) is 11.5 Å². The second-order valence-electron chi connectivity index (χ2n) is 8.36. The van der Waals surface area contributed by atoms with Crippen molar-refractivity contribution in [2.45, 2.75) is 32.0 Å². The van der Waals surface area contributed by atoms with E-state index >= 15 is 0 Å². The Kier molecular flexibility index (Phi) is 7.06. The number of ether oxygens (including phenoxy) is 2. The normalized spacial score (nSPS) is 23.5. The average molecular weight is 425 g/mol. The van der Waals surface area contributed by atoms with Gasteiger partial charge in [-0.3, -0.25) is 15.1 Å². The maximum absolute atomic E-state index is 12.6. The van der Waals surface area contributed by atoms with Crippen LogP contribution in [-0.4, -0.2) is 50.2 Å². The SMILES string of the molecule is COc1ccc2c(c1)OC(C)CN(CCC(=O)NCC1CNNC1c1ccccc1)C2. The van der Waals surface area contributed by atoms with E-state index in [1.807, 2.05) is 36.4 Å². The molecule has 0 bridgehead atoms. The third-order valence-electron chi connectivity index (χ3n) is 5.98. The molecule has 2 aromatic rings. The molecule has 3 N–H and O–H groups in total. The summed E-state index contributed by atoms with van der Waals surface area (Å²) >= 11 is 0. The van der Waals surface area contributed by atoms with E-state index in [2.05, 4.69) is 40.1 Å². The topological polar surface area (TPSA) is 74.9 Å². The molecule has 2 aliphatic rings. The zero-order chi connectivity index (χ0) is 21.6. The standard InChI is InChI=1S/C24H32N4O3/c1-17-15-28(16-19-8-9-21(30-2)12-22(19)31-17)11-10-23(29)25-13-20-14-26-27-24(20)18-6-4-3-5-7-18/h3-9,12,17,20,24,26-27H,10-11,13-16H2,1-2H3,(H,25,29). The number of carbonyl (C=O) groups is 1. The lowest BCUT2D eigenvalue weighted by molar-refractivity contribution is -0.121. The van der Waals surface area contributed by atoms with Crippen LogP contribution in [0.1, 0.15) is 30.5 Å². The first-order valence-electron chi connectivity index (χ1n) is 11.0. The van der Waals surface area contributed by atoms with Crippen molar-refractivity contribution >= 4 is 5.91 Å².